The quantitative estimate of drug-likeness (QED) is 0.143. The molecule has 0 atom stereocenters. The van der Waals surface area contributed by atoms with Gasteiger partial charge in [-0.25, -0.2) is 0 Å². The van der Waals surface area contributed by atoms with Crippen LogP contribution in [0.25, 0.3) is 0 Å². The van der Waals surface area contributed by atoms with Crippen LogP contribution in [0, 0.1) is 0 Å². The van der Waals surface area contributed by atoms with E-state index in [9.17, 15) is 0 Å². The zero-order valence-electron chi connectivity index (χ0n) is 46.9. The molecule has 60 heavy (non-hydrogen) atoms. The molecule has 0 aliphatic heterocycles. The minimum atomic E-state index is 0.0956. The Morgan fingerprint density at radius 2 is 0.433 bits per heavy atom. The molecule has 0 nitrogen and oxygen atoms in total. The molecule has 0 unspecified atom stereocenters. The van der Waals surface area contributed by atoms with Crippen molar-refractivity contribution in [1.82, 2.24) is 0 Å². The van der Waals surface area contributed by atoms with Crippen LogP contribution in [0.2, 0.25) is 0 Å². The fraction of sp³-hybridized carbons (Fsp3) is 0.400. The second kappa shape index (κ2) is 24.5. The van der Waals surface area contributed by atoms with Crippen LogP contribution in [0.3, 0.4) is 0 Å². The zero-order chi connectivity index (χ0) is 50.9. The van der Waals surface area contributed by atoms with Gasteiger partial charge in [0.2, 0.25) is 0 Å². The van der Waals surface area contributed by atoms with Gasteiger partial charge in [0.25, 0.3) is 0 Å². The van der Waals surface area contributed by atoms with Crippen molar-refractivity contribution < 1.29 is 8.22 Å². The number of benzene rings is 6. The molecule has 6 rings (SSSR count). The third-order valence-corrected chi connectivity index (χ3v) is 9.35. The molecule has 0 amide bonds. The maximum Gasteiger partial charge on any atom is 0.0626 e. The van der Waals surface area contributed by atoms with Crippen LogP contribution in [0.15, 0.2) is 182 Å². The molecule has 324 valence electrons. The van der Waals surface area contributed by atoms with Crippen molar-refractivity contribution in [3.05, 3.63) is 215 Å². The van der Waals surface area contributed by atoms with Gasteiger partial charge in [-0.05, 0) is 65.9 Å². The van der Waals surface area contributed by atoms with Crippen LogP contribution in [-0.4, -0.2) is 0 Å². The third kappa shape index (κ3) is 23.2. The first kappa shape index (κ1) is 43.4. The second-order valence-electron chi connectivity index (χ2n) is 21.2. The summed E-state index contributed by atoms with van der Waals surface area (Å²) in [6.45, 7) is 38.7. The van der Waals surface area contributed by atoms with Crippen molar-refractivity contribution in [2.24, 2.45) is 0 Å². The van der Waals surface area contributed by atoms with Gasteiger partial charge in [0.15, 0.2) is 0 Å². The van der Waals surface area contributed by atoms with Crippen molar-refractivity contribution in [2.45, 2.75) is 157 Å². The predicted molar refractivity (Wildman–Crippen MR) is 271 cm³/mol. The van der Waals surface area contributed by atoms with E-state index in [0.29, 0.717) is 36.3 Å². The first-order valence-corrected chi connectivity index (χ1v) is 21.4. The smallest absolute Gasteiger partial charge is 0.0622 e. The molecule has 0 aliphatic carbocycles. The van der Waals surface area contributed by atoms with Crippen LogP contribution in [0.5, 0.6) is 0 Å². The monoisotopic (exact) mass is 811 g/mol. The van der Waals surface area contributed by atoms with E-state index in [-0.39, 0.29) is 32.5 Å². The molecule has 0 N–H and O–H groups in total. The fourth-order valence-electron chi connectivity index (χ4n) is 5.21. The molecule has 0 bridgehead atoms. The molecule has 6 aromatic carbocycles. The van der Waals surface area contributed by atoms with Gasteiger partial charge in [0.1, 0.15) is 0 Å². The largest absolute Gasteiger partial charge is 0.0626 e. The van der Waals surface area contributed by atoms with Crippen molar-refractivity contribution in [2.75, 3.05) is 0 Å². The molecule has 0 fully saturated rings. The SMILES string of the molecule is [2H]c1ccc(C(C)(C)C)cc1.[2H]c1ccc(C(C)(C)C)cc1.[2H]c1cccc(C(C)(C)C)c1.[2H]c1cccc(C(C)(C)C)c1.[2H]c1ccccc1C(C)(C)C.[2H]c1ccccc1C(C)(C)C. The lowest BCUT2D eigenvalue weighted by molar-refractivity contribution is 0.590. The number of hydrogen-bond acceptors (Lipinski definition) is 0. The Hall–Kier alpha value is -4.68. The highest BCUT2D eigenvalue weighted by Crippen LogP contribution is 2.24. The molecule has 0 saturated carbocycles. The van der Waals surface area contributed by atoms with Gasteiger partial charge in [-0.15, -0.1) is 0 Å². The first-order chi connectivity index (χ1) is 30.0. The van der Waals surface area contributed by atoms with Gasteiger partial charge in [-0.1, -0.05) is 306 Å². The molecule has 0 aromatic heterocycles. The molecular formula is C60H84. The summed E-state index contributed by atoms with van der Waals surface area (Å²) < 4.78 is 44.7. The van der Waals surface area contributed by atoms with Crippen LogP contribution in [0.1, 0.15) is 166 Å². The zero-order valence-corrected chi connectivity index (χ0v) is 40.9. The molecule has 6 aromatic rings. The van der Waals surface area contributed by atoms with E-state index in [1.165, 1.54) is 22.3 Å². The average Bonchev–Trinajstić information content (AvgIpc) is 3.18. The second-order valence-corrected chi connectivity index (χ2v) is 21.2. The summed E-state index contributed by atoms with van der Waals surface area (Å²) in [5, 5.41) is 0. The Morgan fingerprint density at radius 3 is 0.633 bits per heavy atom. The topological polar surface area (TPSA) is 0 Å². The number of rotatable bonds is 0. The Kier molecular flexibility index (Phi) is 17.8. The molecule has 0 heteroatoms. The van der Waals surface area contributed by atoms with Gasteiger partial charge < -0.3 is 0 Å². The van der Waals surface area contributed by atoms with Gasteiger partial charge in [0, 0.05) is 0 Å². The summed E-state index contributed by atoms with van der Waals surface area (Å²) >= 11 is 0. The van der Waals surface area contributed by atoms with Crippen molar-refractivity contribution >= 4 is 0 Å². The van der Waals surface area contributed by atoms with E-state index in [2.05, 4.69) is 137 Å². The predicted octanol–water partition coefficient (Wildman–Crippen LogP) is 17.9. The van der Waals surface area contributed by atoms with E-state index in [1.807, 2.05) is 121 Å². The van der Waals surface area contributed by atoms with Crippen LogP contribution in [-0.2, 0) is 32.5 Å². The first-order valence-electron chi connectivity index (χ1n) is 24.4. The minimum Gasteiger partial charge on any atom is -0.0622 e. The van der Waals surface area contributed by atoms with Crippen LogP contribution < -0.4 is 0 Å². The van der Waals surface area contributed by atoms with Crippen molar-refractivity contribution in [3.63, 3.8) is 0 Å². The maximum atomic E-state index is 7.63. The minimum absolute atomic E-state index is 0.0956. The lowest BCUT2D eigenvalue weighted by Gasteiger charge is -2.18. The fourth-order valence-corrected chi connectivity index (χ4v) is 5.21. The molecule has 0 spiro atoms. The summed E-state index contributed by atoms with van der Waals surface area (Å²) in [4.78, 5) is 0. The van der Waals surface area contributed by atoms with Crippen molar-refractivity contribution in [3.8, 4) is 0 Å². The standard InChI is InChI=1S/6C10H14/c6*1-10(2,3)9-7-5-4-6-8-9/h6*4-8H,1-3H3/i2*7D;2*5D;2*4D. The number of hydrogen-bond donors (Lipinski definition) is 0. The van der Waals surface area contributed by atoms with Crippen molar-refractivity contribution in [1.29, 1.82) is 0 Å². The highest BCUT2D eigenvalue weighted by Gasteiger charge is 2.15. The van der Waals surface area contributed by atoms with Crippen LogP contribution >= 0.6 is 0 Å². The van der Waals surface area contributed by atoms with Gasteiger partial charge in [-0.2, -0.15) is 0 Å². The highest BCUT2D eigenvalue weighted by molar-refractivity contribution is 5.26. The van der Waals surface area contributed by atoms with E-state index < -0.39 is 0 Å². The van der Waals surface area contributed by atoms with Gasteiger partial charge >= 0.3 is 0 Å². The third-order valence-electron chi connectivity index (χ3n) is 9.35. The van der Waals surface area contributed by atoms with E-state index in [4.69, 9.17) is 8.22 Å². The summed E-state index contributed by atoms with van der Waals surface area (Å²) in [5.41, 5.74) is 8.17. The average molecular weight is 811 g/mol. The van der Waals surface area contributed by atoms with E-state index >= 15 is 0 Å². The Bertz CT molecular complexity index is 2130. The molecule has 0 saturated heterocycles. The van der Waals surface area contributed by atoms with Gasteiger partial charge in [0.05, 0.1) is 8.22 Å². The Labute approximate surface area is 379 Å². The molecular weight excluding hydrogens is 721 g/mol. The Morgan fingerprint density at radius 1 is 0.217 bits per heavy atom. The Balaban J connectivity index is 0.000000396. The lowest BCUT2D eigenvalue weighted by atomic mass is 9.87. The summed E-state index contributed by atoms with van der Waals surface area (Å²) in [6.07, 6.45) is 0. The summed E-state index contributed by atoms with van der Waals surface area (Å²) in [7, 11) is 0. The van der Waals surface area contributed by atoms with Gasteiger partial charge in [-0.3, -0.25) is 0 Å². The van der Waals surface area contributed by atoms with Crippen LogP contribution in [0.4, 0.5) is 0 Å². The summed E-state index contributed by atoms with van der Waals surface area (Å²) in [5.74, 6) is 0. The van der Waals surface area contributed by atoms with E-state index in [1.54, 1.807) is 12.1 Å². The molecule has 0 radical (unpaired) electrons. The normalized spacial score (nSPS) is 12.9. The van der Waals surface area contributed by atoms with E-state index in [0.717, 1.165) is 11.1 Å². The molecule has 0 heterocycles. The molecule has 0 aliphatic rings. The summed E-state index contributed by atoms with van der Waals surface area (Å²) in [6, 6.07) is 49.9. The lowest BCUT2D eigenvalue weighted by Crippen LogP contribution is -2.10. The maximum absolute atomic E-state index is 7.63. The highest BCUT2D eigenvalue weighted by atomic mass is 14.2.